The molecule has 0 amide bonds. The monoisotopic (exact) mass is 243 g/mol. The van der Waals surface area contributed by atoms with Gasteiger partial charge in [-0.15, -0.1) is 0 Å². The number of nitrogens with zero attached hydrogens (tertiary/aromatic N) is 1. The largest absolute Gasteiger partial charge is 0.392 e. The van der Waals surface area contributed by atoms with Crippen LogP contribution in [0.3, 0.4) is 0 Å². The molecule has 0 saturated carbocycles. The predicted octanol–water partition coefficient (Wildman–Crippen LogP) is 2.63. The van der Waals surface area contributed by atoms with E-state index in [2.05, 4.69) is 41.7 Å². The maximum atomic E-state index is 9.12. The Morgan fingerprint density at radius 2 is 2.00 bits per heavy atom. The Labute approximate surface area is 87.1 Å². The summed E-state index contributed by atoms with van der Waals surface area (Å²) in [5.41, 5.74) is 1.82. The molecule has 0 aliphatic rings. The molecule has 3 heteroatoms. The Bertz CT molecular complexity index is 304. The summed E-state index contributed by atoms with van der Waals surface area (Å²) in [6.07, 6.45) is 0. The van der Waals surface area contributed by atoms with Gasteiger partial charge in [0, 0.05) is 5.41 Å². The highest BCUT2D eigenvalue weighted by Gasteiger charge is 2.19. The molecule has 0 fully saturated rings. The molecule has 0 aromatic carbocycles. The van der Waals surface area contributed by atoms with Gasteiger partial charge in [-0.2, -0.15) is 0 Å². The van der Waals surface area contributed by atoms with Crippen LogP contribution in [0.5, 0.6) is 0 Å². The van der Waals surface area contributed by atoms with Crippen molar-refractivity contribution < 1.29 is 5.11 Å². The first-order valence-electron chi connectivity index (χ1n) is 4.22. The van der Waals surface area contributed by atoms with E-state index in [4.69, 9.17) is 5.11 Å². The van der Waals surface area contributed by atoms with E-state index in [0.29, 0.717) is 0 Å². The van der Waals surface area contributed by atoms with Crippen molar-refractivity contribution in [3.05, 3.63) is 28.0 Å². The van der Waals surface area contributed by atoms with Gasteiger partial charge in [-0.3, -0.25) is 0 Å². The van der Waals surface area contributed by atoms with E-state index in [1.165, 1.54) is 0 Å². The molecule has 0 aliphatic carbocycles. The summed E-state index contributed by atoms with van der Waals surface area (Å²) in [6.45, 7) is 6.30. The third-order valence-electron chi connectivity index (χ3n) is 1.83. The summed E-state index contributed by atoms with van der Waals surface area (Å²) in [5, 5.41) is 9.12. The first-order valence-corrected chi connectivity index (χ1v) is 5.01. The SMILES string of the molecule is CC(C)(C)c1nc(Br)ccc1CO. The Kier molecular flexibility index (Phi) is 3.09. The summed E-state index contributed by atoms with van der Waals surface area (Å²) < 4.78 is 0.814. The first kappa shape index (κ1) is 10.7. The third kappa shape index (κ3) is 2.51. The van der Waals surface area contributed by atoms with E-state index in [-0.39, 0.29) is 12.0 Å². The summed E-state index contributed by atoms with van der Waals surface area (Å²) in [7, 11) is 0. The predicted molar refractivity (Wildman–Crippen MR) is 56.6 cm³/mol. The average Bonchev–Trinajstić information content (AvgIpc) is 2.03. The highest BCUT2D eigenvalue weighted by Crippen LogP contribution is 2.25. The van der Waals surface area contributed by atoms with Gasteiger partial charge in [-0.05, 0) is 27.6 Å². The molecule has 1 N–H and O–H groups in total. The van der Waals surface area contributed by atoms with Crippen molar-refractivity contribution in [3.8, 4) is 0 Å². The molecule has 1 heterocycles. The van der Waals surface area contributed by atoms with Gasteiger partial charge in [0.15, 0.2) is 0 Å². The molecule has 0 aliphatic heterocycles. The fourth-order valence-electron chi connectivity index (χ4n) is 1.24. The minimum atomic E-state index is -0.0259. The minimum Gasteiger partial charge on any atom is -0.392 e. The molecule has 1 aromatic heterocycles. The zero-order valence-corrected chi connectivity index (χ0v) is 9.72. The van der Waals surface area contributed by atoms with Gasteiger partial charge in [-0.25, -0.2) is 4.98 Å². The average molecular weight is 244 g/mol. The highest BCUT2D eigenvalue weighted by atomic mass is 79.9. The Hall–Kier alpha value is -0.410. The summed E-state index contributed by atoms with van der Waals surface area (Å²) in [4.78, 5) is 4.37. The van der Waals surface area contributed by atoms with Crippen molar-refractivity contribution in [1.82, 2.24) is 4.98 Å². The lowest BCUT2D eigenvalue weighted by atomic mass is 9.88. The quantitative estimate of drug-likeness (QED) is 0.770. The smallest absolute Gasteiger partial charge is 0.106 e. The van der Waals surface area contributed by atoms with Gasteiger partial charge in [0.25, 0.3) is 0 Å². The van der Waals surface area contributed by atoms with Gasteiger partial charge in [0.05, 0.1) is 12.3 Å². The molecule has 0 atom stereocenters. The molecule has 0 unspecified atom stereocenters. The number of aromatic nitrogens is 1. The van der Waals surface area contributed by atoms with Crippen LogP contribution in [0.4, 0.5) is 0 Å². The lowest BCUT2D eigenvalue weighted by Gasteiger charge is -2.20. The molecule has 13 heavy (non-hydrogen) atoms. The van der Waals surface area contributed by atoms with Crippen LogP contribution in [-0.4, -0.2) is 10.1 Å². The van der Waals surface area contributed by atoms with Gasteiger partial charge in [-0.1, -0.05) is 26.8 Å². The molecular weight excluding hydrogens is 230 g/mol. The van der Waals surface area contributed by atoms with Crippen LogP contribution in [-0.2, 0) is 12.0 Å². The van der Waals surface area contributed by atoms with E-state index < -0.39 is 0 Å². The minimum absolute atomic E-state index is 0.0259. The van der Waals surface area contributed by atoms with Crippen molar-refractivity contribution in [3.63, 3.8) is 0 Å². The molecule has 0 radical (unpaired) electrons. The molecular formula is C10H14BrNO. The molecule has 72 valence electrons. The second-order valence-electron chi connectivity index (χ2n) is 4.05. The molecule has 1 aromatic rings. The second-order valence-corrected chi connectivity index (χ2v) is 4.86. The zero-order valence-electron chi connectivity index (χ0n) is 8.13. The van der Waals surface area contributed by atoms with E-state index in [1.807, 2.05) is 12.1 Å². The van der Waals surface area contributed by atoms with Crippen LogP contribution in [0.15, 0.2) is 16.7 Å². The van der Waals surface area contributed by atoms with E-state index >= 15 is 0 Å². The maximum Gasteiger partial charge on any atom is 0.106 e. The van der Waals surface area contributed by atoms with Crippen LogP contribution in [0.1, 0.15) is 32.0 Å². The number of aliphatic hydroxyl groups is 1. The normalized spacial score (nSPS) is 11.8. The number of rotatable bonds is 1. The standard InChI is InChI=1S/C10H14BrNO/c1-10(2,3)9-7(6-13)4-5-8(11)12-9/h4-5,13H,6H2,1-3H3. The lowest BCUT2D eigenvalue weighted by Crippen LogP contribution is -2.16. The van der Waals surface area contributed by atoms with Crippen LogP contribution >= 0.6 is 15.9 Å². The van der Waals surface area contributed by atoms with Crippen LogP contribution < -0.4 is 0 Å². The zero-order chi connectivity index (χ0) is 10.1. The van der Waals surface area contributed by atoms with Gasteiger partial charge >= 0.3 is 0 Å². The topological polar surface area (TPSA) is 33.1 Å². The third-order valence-corrected chi connectivity index (χ3v) is 2.27. The fourth-order valence-corrected chi connectivity index (χ4v) is 1.55. The number of hydrogen-bond donors (Lipinski definition) is 1. The Morgan fingerprint density at radius 1 is 1.38 bits per heavy atom. The van der Waals surface area contributed by atoms with Gasteiger partial charge in [0.2, 0.25) is 0 Å². The van der Waals surface area contributed by atoms with E-state index in [9.17, 15) is 0 Å². The maximum absolute atomic E-state index is 9.12. The molecule has 1 rings (SSSR count). The van der Waals surface area contributed by atoms with Gasteiger partial charge < -0.3 is 5.11 Å². The van der Waals surface area contributed by atoms with Crippen molar-refractivity contribution in [2.45, 2.75) is 32.8 Å². The number of hydrogen-bond acceptors (Lipinski definition) is 2. The van der Waals surface area contributed by atoms with Crippen LogP contribution in [0.2, 0.25) is 0 Å². The Morgan fingerprint density at radius 3 is 2.46 bits per heavy atom. The van der Waals surface area contributed by atoms with Crippen molar-refractivity contribution in [2.24, 2.45) is 0 Å². The molecule has 2 nitrogen and oxygen atoms in total. The Balaban J connectivity index is 3.24. The lowest BCUT2D eigenvalue weighted by molar-refractivity contribution is 0.277. The van der Waals surface area contributed by atoms with Crippen LogP contribution in [0, 0.1) is 0 Å². The molecule has 0 saturated heterocycles. The number of pyridine rings is 1. The van der Waals surface area contributed by atoms with Crippen molar-refractivity contribution in [2.75, 3.05) is 0 Å². The molecule has 0 spiro atoms. The summed E-state index contributed by atoms with van der Waals surface area (Å²) in [5.74, 6) is 0. The first-order chi connectivity index (χ1) is 5.95. The van der Waals surface area contributed by atoms with Crippen LogP contribution in [0.25, 0.3) is 0 Å². The fraction of sp³-hybridized carbons (Fsp3) is 0.500. The van der Waals surface area contributed by atoms with Gasteiger partial charge in [0.1, 0.15) is 4.60 Å². The summed E-state index contributed by atoms with van der Waals surface area (Å²) >= 11 is 3.33. The second kappa shape index (κ2) is 3.76. The highest BCUT2D eigenvalue weighted by molar-refractivity contribution is 9.10. The van der Waals surface area contributed by atoms with Crippen molar-refractivity contribution in [1.29, 1.82) is 0 Å². The van der Waals surface area contributed by atoms with E-state index in [0.717, 1.165) is 15.9 Å². The molecule has 0 bridgehead atoms. The van der Waals surface area contributed by atoms with Crippen molar-refractivity contribution >= 4 is 15.9 Å². The number of aliphatic hydroxyl groups excluding tert-OH is 1. The summed E-state index contributed by atoms with van der Waals surface area (Å²) in [6, 6.07) is 3.75. The van der Waals surface area contributed by atoms with E-state index in [1.54, 1.807) is 0 Å². The number of halogens is 1.